The summed E-state index contributed by atoms with van der Waals surface area (Å²) in [5, 5.41) is 7.40. The van der Waals surface area contributed by atoms with Crippen LogP contribution in [0, 0.1) is 6.33 Å². The first-order valence-corrected chi connectivity index (χ1v) is 24.5. The molecule has 11 rings (SSSR count). The van der Waals surface area contributed by atoms with Crippen molar-refractivity contribution in [2.45, 2.75) is 78.6 Å². The fourth-order valence-corrected chi connectivity index (χ4v) is 9.39. The lowest BCUT2D eigenvalue weighted by Gasteiger charge is -2.26. The van der Waals surface area contributed by atoms with E-state index < -0.39 is 60.4 Å². The Balaban J connectivity index is 1.20. The molecule has 73 heavy (non-hydrogen) atoms. The molecule has 11 aromatic rings. The topological polar surface area (TPSA) is 48.8 Å². The molecule has 6 heteroatoms. The molecule has 0 spiro atoms. The molecule has 360 valence electrons. The highest BCUT2D eigenvalue weighted by atomic mass is 16.5. The minimum absolute atomic E-state index is 0.101. The predicted molar refractivity (Wildman–Crippen MR) is 300 cm³/mol. The molecule has 8 aromatic carbocycles. The van der Waals surface area contributed by atoms with Gasteiger partial charge in [0, 0.05) is 28.6 Å². The highest BCUT2D eigenvalue weighted by Crippen LogP contribution is 2.44. The third kappa shape index (κ3) is 9.14. The molecule has 0 N–H and O–H groups in total. The van der Waals surface area contributed by atoms with Crippen LogP contribution in [0.5, 0.6) is 11.5 Å². The van der Waals surface area contributed by atoms with E-state index in [4.69, 9.17) is 23.0 Å². The maximum Gasteiger partial charge on any atom is 0.273 e. The van der Waals surface area contributed by atoms with Crippen molar-refractivity contribution in [3.8, 4) is 73.5 Å². The van der Waals surface area contributed by atoms with Gasteiger partial charge in [-0.1, -0.05) is 220 Å². The number of benzene rings is 8. The molecule has 0 amide bonds. The van der Waals surface area contributed by atoms with Gasteiger partial charge in [0.1, 0.15) is 17.3 Å². The number of nitrogens with zero attached hydrogens (tertiary/aromatic N) is 5. The van der Waals surface area contributed by atoms with Gasteiger partial charge in [-0.05, 0) is 103 Å². The van der Waals surface area contributed by atoms with Crippen molar-refractivity contribution in [3.63, 3.8) is 0 Å². The van der Waals surface area contributed by atoms with E-state index in [1.807, 2.05) is 85.1 Å². The molecule has 3 heterocycles. The SMILES string of the molecule is [2H]c1c([2H])c([2H])c(-c2cccc(-c3c([2H])c([2H])c([2H])c([2H])c3[2H])c2-c2n[n+](-c3cc(C(C)(C)C)cc(C(C)(C)C)c3)[c-]n2-c2cccc(Oc3cc(-c4ccccc4)c4c5ccccc5n(-c5cc(C(C)(C)C)ccn5)c4c3)c2)c([2H])c1[2H]. The number of ether oxygens (including phenoxy) is 1. The number of hydrogen-bond acceptors (Lipinski definition) is 3. The molecule has 0 aliphatic rings. The molecule has 0 bridgehead atoms. The van der Waals surface area contributed by atoms with Crippen LogP contribution in [0.1, 0.15) is 92.7 Å². The molecule has 3 aromatic heterocycles. The van der Waals surface area contributed by atoms with Crippen LogP contribution in [-0.4, -0.2) is 19.2 Å². The third-order valence-corrected chi connectivity index (χ3v) is 13.3. The zero-order valence-corrected chi connectivity index (χ0v) is 42.5. The Kier molecular flexibility index (Phi) is 9.19. The molecular formula is C67H61N5O. The molecule has 6 nitrogen and oxygen atoms in total. The zero-order valence-electron chi connectivity index (χ0n) is 52.5. The minimum atomic E-state index is -0.590. The van der Waals surface area contributed by atoms with E-state index in [0.29, 0.717) is 22.9 Å². The zero-order chi connectivity index (χ0) is 59.4. The summed E-state index contributed by atoms with van der Waals surface area (Å²) < 4.78 is 102. The average molecular weight is 962 g/mol. The quantitative estimate of drug-likeness (QED) is 0.107. The Labute approximate surface area is 443 Å². The van der Waals surface area contributed by atoms with Crippen LogP contribution in [0.4, 0.5) is 0 Å². The second-order valence-corrected chi connectivity index (χ2v) is 21.5. The first kappa shape index (κ1) is 36.6. The molecule has 0 fully saturated rings. The summed E-state index contributed by atoms with van der Waals surface area (Å²) in [5.41, 5.74) is 7.27. The molecular weight excluding hydrogens is 891 g/mol. The van der Waals surface area contributed by atoms with Crippen LogP contribution < -0.4 is 9.42 Å². The van der Waals surface area contributed by atoms with Crippen molar-refractivity contribution < 1.29 is 23.1 Å². The summed E-state index contributed by atoms with van der Waals surface area (Å²) in [4.78, 5) is 4.95. The predicted octanol–water partition coefficient (Wildman–Crippen LogP) is 16.8. The number of para-hydroxylation sites is 1. The van der Waals surface area contributed by atoms with Crippen LogP contribution in [-0.2, 0) is 16.2 Å². The minimum Gasteiger partial charge on any atom is -0.458 e. The van der Waals surface area contributed by atoms with Crippen molar-refractivity contribution in [2.75, 3.05) is 0 Å². The summed E-state index contributed by atoms with van der Waals surface area (Å²) in [6.45, 7) is 19.3. The van der Waals surface area contributed by atoms with Gasteiger partial charge >= 0.3 is 0 Å². The maximum atomic E-state index is 9.30. The molecule has 0 atom stereocenters. The number of rotatable bonds is 9. The van der Waals surface area contributed by atoms with Gasteiger partial charge in [0.25, 0.3) is 6.33 Å². The number of pyridine rings is 1. The first-order valence-electron chi connectivity index (χ1n) is 29.5. The monoisotopic (exact) mass is 962 g/mol. The van der Waals surface area contributed by atoms with Crippen molar-refractivity contribution in [1.29, 1.82) is 0 Å². The Morgan fingerprint density at radius 3 is 1.78 bits per heavy atom. The van der Waals surface area contributed by atoms with Gasteiger partial charge < -0.3 is 4.74 Å². The van der Waals surface area contributed by atoms with Gasteiger partial charge in [-0.15, -0.1) is 5.10 Å². The lowest BCUT2D eigenvalue weighted by molar-refractivity contribution is -0.660. The summed E-state index contributed by atoms with van der Waals surface area (Å²) >= 11 is 0. The third-order valence-electron chi connectivity index (χ3n) is 13.3. The molecule has 0 saturated carbocycles. The molecule has 0 saturated heterocycles. The first-order chi connectivity index (χ1) is 39.2. The molecule has 0 radical (unpaired) electrons. The van der Waals surface area contributed by atoms with E-state index in [-0.39, 0.29) is 49.9 Å². The lowest BCUT2D eigenvalue weighted by atomic mass is 9.80. The lowest BCUT2D eigenvalue weighted by Crippen LogP contribution is -2.34. The van der Waals surface area contributed by atoms with Crippen molar-refractivity contribution in [1.82, 2.24) is 19.2 Å². The maximum absolute atomic E-state index is 9.30. The summed E-state index contributed by atoms with van der Waals surface area (Å²) in [7, 11) is 0. The Morgan fingerprint density at radius 2 is 1.14 bits per heavy atom. The number of fused-ring (bicyclic) bond motifs is 3. The van der Waals surface area contributed by atoms with E-state index in [1.165, 1.54) is 0 Å². The van der Waals surface area contributed by atoms with Gasteiger partial charge in [-0.2, -0.15) is 4.68 Å². The van der Waals surface area contributed by atoms with Crippen LogP contribution in [0.15, 0.2) is 206 Å². The Hall–Kier alpha value is -8.35. The van der Waals surface area contributed by atoms with Crippen LogP contribution in [0.3, 0.4) is 0 Å². The van der Waals surface area contributed by atoms with E-state index in [2.05, 4.69) is 116 Å². The summed E-state index contributed by atoms with van der Waals surface area (Å²) in [6.07, 6.45) is 5.37. The summed E-state index contributed by atoms with van der Waals surface area (Å²) in [6, 6.07) is 39.6. The average Bonchev–Trinajstić information content (AvgIpc) is 1.96. The largest absolute Gasteiger partial charge is 0.458 e. The van der Waals surface area contributed by atoms with E-state index in [1.54, 1.807) is 27.4 Å². The summed E-state index contributed by atoms with van der Waals surface area (Å²) in [5.74, 6) is 1.81. The van der Waals surface area contributed by atoms with Crippen molar-refractivity contribution in [3.05, 3.63) is 229 Å². The van der Waals surface area contributed by atoms with Gasteiger partial charge in [-0.25, -0.2) is 4.98 Å². The highest BCUT2D eigenvalue weighted by molar-refractivity contribution is 6.16. The van der Waals surface area contributed by atoms with Crippen molar-refractivity contribution in [2.24, 2.45) is 0 Å². The number of aromatic nitrogens is 5. The molecule has 0 aliphatic carbocycles. The van der Waals surface area contributed by atoms with Crippen molar-refractivity contribution >= 4 is 21.8 Å². The van der Waals surface area contributed by atoms with Crippen LogP contribution in [0.25, 0.3) is 83.8 Å². The van der Waals surface area contributed by atoms with Gasteiger partial charge in [-0.3, -0.25) is 9.13 Å². The van der Waals surface area contributed by atoms with Gasteiger partial charge in [0.05, 0.1) is 36.1 Å². The van der Waals surface area contributed by atoms with Gasteiger partial charge in [0.15, 0.2) is 5.82 Å². The van der Waals surface area contributed by atoms with Gasteiger partial charge in [0.2, 0.25) is 0 Å². The normalized spacial score (nSPS) is 14.1. The second-order valence-electron chi connectivity index (χ2n) is 21.5. The van der Waals surface area contributed by atoms with E-state index >= 15 is 0 Å². The number of hydrogen-bond donors (Lipinski definition) is 0. The fourth-order valence-electron chi connectivity index (χ4n) is 9.39. The van der Waals surface area contributed by atoms with E-state index in [0.717, 1.165) is 55.4 Å². The molecule has 0 aliphatic heterocycles. The van der Waals surface area contributed by atoms with E-state index in [9.17, 15) is 5.48 Å². The Morgan fingerprint density at radius 1 is 0.521 bits per heavy atom. The smallest absolute Gasteiger partial charge is 0.273 e. The standard InChI is InChI=1S/C67H61N5O/c1-65(2,3)48-35-36-68-61(40-48)72-59-34-20-19-31-57(59)62-58(47-27-17-12-18-28-47)42-54(43-60(62)72)73-53-30-21-29-51(41-53)70-44-71(52-38-49(66(4,5)6)37-50(39-52)67(7,8)9)69-64(70)63-55(45-23-13-10-14-24-45)32-22-33-56(63)46-25-15-11-16-26-46/h10-43H,1-9H3/i10D,11D,13D,14D,15D,16D,23D,24D,25D,26D. The Bertz CT molecular complexity index is 4260. The van der Waals surface area contributed by atoms with Crippen LogP contribution in [0.2, 0.25) is 0 Å². The fraction of sp³-hybridized carbons (Fsp3) is 0.179. The molecule has 0 unspecified atom stereocenters. The van der Waals surface area contributed by atoms with Crippen LogP contribution >= 0.6 is 0 Å². The highest BCUT2D eigenvalue weighted by Gasteiger charge is 2.26. The second kappa shape index (κ2) is 18.4.